The lowest BCUT2D eigenvalue weighted by Crippen LogP contribution is -2.48. The van der Waals surface area contributed by atoms with Crippen molar-refractivity contribution in [2.24, 2.45) is 5.92 Å². The minimum absolute atomic E-state index is 0.000581. The number of carbonyl (C=O) groups excluding carboxylic acids is 2. The molecule has 0 aliphatic carbocycles. The van der Waals surface area contributed by atoms with E-state index < -0.39 is 28.2 Å². The van der Waals surface area contributed by atoms with Gasteiger partial charge in [0.1, 0.15) is 11.9 Å². The maximum atomic E-state index is 13.4. The number of likely N-dealkylation sites (N-methyl/N-ethyl adjacent to an activating group) is 1. The number of urea groups is 1. The normalized spacial score (nSPS) is 18.2. The highest BCUT2D eigenvalue weighted by Gasteiger charge is 2.33. The maximum Gasteiger partial charge on any atom is 0.323 e. The molecule has 0 spiro atoms. The molecule has 1 aliphatic rings. The SMILES string of the molecule is C[C@@H]1CN([C@H](C)CO)C(=O)Cc2cc(NC(=O)Nc3ccccc3)ccc2O[C@H]1CN(C)S(=O)(=O)c1ccc(Cl)cc1. The Morgan fingerprint density at radius 1 is 1.10 bits per heavy atom. The van der Waals surface area contributed by atoms with Crippen molar-refractivity contribution in [3.05, 3.63) is 83.4 Å². The first-order valence-electron chi connectivity index (χ1n) is 13.5. The Morgan fingerprint density at radius 3 is 2.43 bits per heavy atom. The van der Waals surface area contributed by atoms with Gasteiger partial charge in [0.25, 0.3) is 0 Å². The molecule has 0 saturated carbocycles. The second-order valence-corrected chi connectivity index (χ2v) is 12.9. The van der Waals surface area contributed by atoms with Gasteiger partial charge in [0, 0.05) is 41.5 Å². The number of ether oxygens (including phenoxy) is 1. The number of nitrogens with zero attached hydrogens (tertiary/aromatic N) is 2. The Morgan fingerprint density at radius 2 is 1.76 bits per heavy atom. The lowest BCUT2D eigenvalue weighted by Gasteiger charge is -2.33. The molecule has 12 heteroatoms. The van der Waals surface area contributed by atoms with E-state index in [9.17, 15) is 23.1 Å². The van der Waals surface area contributed by atoms with Crippen LogP contribution in [0.2, 0.25) is 5.02 Å². The zero-order chi connectivity index (χ0) is 30.4. The molecule has 0 bridgehead atoms. The van der Waals surface area contributed by atoms with E-state index in [1.165, 1.54) is 35.6 Å². The van der Waals surface area contributed by atoms with Crippen molar-refractivity contribution in [3.8, 4) is 5.75 Å². The standard InChI is InChI=1S/C30H35ClN4O6S/c1-20-17-35(21(2)19-36)29(37)16-22-15-25(33-30(38)32-24-7-5-4-6-8-24)11-14-27(22)41-28(20)18-34(3)42(39,40)26-12-9-23(31)10-13-26/h4-15,20-21,28,36H,16-19H2,1-3H3,(H2,32,33,38)/t20-,21-,28+/m1/s1. The summed E-state index contributed by atoms with van der Waals surface area (Å²) in [6, 6.07) is 19.0. The predicted octanol–water partition coefficient (Wildman–Crippen LogP) is 4.45. The smallest absolute Gasteiger partial charge is 0.323 e. The fourth-order valence-corrected chi connectivity index (χ4v) is 5.99. The Balaban J connectivity index is 1.62. The third-order valence-electron chi connectivity index (χ3n) is 7.16. The van der Waals surface area contributed by atoms with Crippen LogP contribution in [0.5, 0.6) is 5.75 Å². The van der Waals surface area contributed by atoms with Gasteiger partial charge < -0.3 is 25.4 Å². The molecule has 0 fully saturated rings. The van der Waals surface area contributed by atoms with Gasteiger partial charge in [0.2, 0.25) is 15.9 Å². The topological polar surface area (TPSA) is 128 Å². The average Bonchev–Trinajstić information content (AvgIpc) is 3.00. The quantitative estimate of drug-likeness (QED) is 0.344. The van der Waals surface area contributed by atoms with Gasteiger partial charge in [0.05, 0.1) is 30.5 Å². The zero-order valence-electron chi connectivity index (χ0n) is 23.7. The van der Waals surface area contributed by atoms with Gasteiger partial charge in [-0.2, -0.15) is 4.31 Å². The van der Waals surface area contributed by atoms with Gasteiger partial charge in [0.15, 0.2) is 0 Å². The van der Waals surface area contributed by atoms with Gasteiger partial charge >= 0.3 is 6.03 Å². The largest absolute Gasteiger partial charge is 0.488 e. The number of fused-ring (bicyclic) bond motifs is 1. The number of anilines is 2. The number of benzene rings is 3. The molecule has 0 aromatic heterocycles. The molecular formula is C30H35ClN4O6S. The summed E-state index contributed by atoms with van der Waals surface area (Å²) in [5.41, 5.74) is 1.60. The van der Waals surface area contributed by atoms with Crippen LogP contribution in [0, 0.1) is 5.92 Å². The number of rotatable bonds is 8. The summed E-state index contributed by atoms with van der Waals surface area (Å²) < 4.78 is 34.3. The molecule has 3 amide bonds. The summed E-state index contributed by atoms with van der Waals surface area (Å²) in [5, 5.41) is 15.8. The van der Waals surface area contributed by atoms with E-state index in [0.717, 1.165) is 0 Å². The predicted molar refractivity (Wildman–Crippen MR) is 162 cm³/mol. The molecule has 0 radical (unpaired) electrons. The molecule has 10 nitrogen and oxygen atoms in total. The molecule has 3 aromatic rings. The van der Waals surface area contributed by atoms with Crippen molar-refractivity contribution < 1.29 is 27.9 Å². The number of sulfonamides is 1. The summed E-state index contributed by atoms with van der Waals surface area (Å²) >= 11 is 5.95. The molecule has 4 rings (SSSR count). The summed E-state index contributed by atoms with van der Waals surface area (Å²) in [6.45, 7) is 3.65. The van der Waals surface area contributed by atoms with Crippen molar-refractivity contribution in [1.29, 1.82) is 0 Å². The van der Waals surface area contributed by atoms with Crippen LogP contribution >= 0.6 is 11.6 Å². The summed E-state index contributed by atoms with van der Waals surface area (Å²) in [7, 11) is -2.38. The highest BCUT2D eigenvalue weighted by molar-refractivity contribution is 7.89. The first-order valence-corrected chi connectivity index (χ1v) is 15.3. The molecule has 0 saturated heterocycles. The van der Waals surface area contributed by atoms with E-state index in [1.54, 1.807) is 42.2 Å². The summed E-state index contributed by atoms with van der Waals surface area (Å²) in [5.74, 6) is -0.113. The highest BCUT2D eigenvalue weighted by Crippen LogP contribution is 2.30. The van der Waals surface area contributed by atoms with Gasteiger partial charge in [-0.15, -0.1) is 0 Å². The van der Waals surface area contributed by atoms with Gasteiger partial charge in [-0.3, -0.25) is 4.79 Å². The fraction of sp³-hybridized carbons (Fsp3) is 0.333. The number of aliphatic hydroxyl groups excluding tert-OH is 1. The van der Waals surface area contributed by atoms with Crippen LogP contribution in [0.15, 0.2) is 77.7 Å². The second-order valence-electron chi connectivity index (χ2n) is 10.4. The average molecular weight is 615 g/mol. The van der Waals surface area contributed by atoms with Crippen molar-refractivity contribution in [1.82, 2.24) is 9.21 Å². The first kappa shape index (κ1) is 31.3. The number of amides is 3. The number of aliphatic hydroxyl groups is 1. The Bertz CT molecular complexity index is 1500. The Hall–Kier alpha value is -3.64. The molecule has 3 N–H and O–H groups in total. The molecule has 42 heavy (non-hydrogen) atoms. The van der Waals surface area contributed by atoms with Crippen LogP contribution in [-0.4, -0.2) is 73.6 Å². The Labute approximate surface area is 251 Å². The molecule has 1 aliphatic heterocycles. The lowest BCUT2D eigenvalue weighted by molar-refractivity contribution is -0.134. The van der Waals surface area contributed by atoms with Crippen LogP contribution in [0.1, 0.15) is 19.4 Å². The summed E-state index contributed by atoms with van der Waals surface area (Å²) in [6.07, 6.45) is -0.677. The zero-order valence-corrected chi connectivity index (χ0v) is 25.2. The van der Waals surface area contributed by atoms with Crippen LogP contribution < -0.4 is 15.4 Å². The van der Waals surface area contributed by atoms with Gasteiger partial charge in [-0.05, 0) is 61.5 Å². The first-order chi connectivity index (χ1) is 20.0. The number of hydrogen-bond acceptors (Lipinski definition) is 6. The van der Waals surface area contributed by atoms with Crippen molar-refractivity contribution in [2.45, 2.75) is 37.3 Å². The summed E-state index contributed by atoms with van der Waals surface area (Å²) in [4.78, 5) is 27.7. The molecule has 3 atom stereocenters. The molecular weight excluding hydrogens is 580 g/mol. The number of hydrogen-bond donors (Lipinski definition) is 3. The van der Waals surface area contributed by atoms with Gasteiger partial charge in [-0.1, -0.05) is 36.7 Å². The second kappa shape index (κ2) is 13.6. The van der Waals surface area contributed by atoms with Crippen LogP contribution in [-0.2, 0) is 21.2 Å². The minimum Gasteiger partial charge on any atom is -0.488 e. The number of halogens is 1. The van der Waals surface area contributed by atoms with E-state index in [0.29, 0.717) is 27.7 Å². The fourth-order valence-electron chi connectivity index (χ4n) is 4.68. The maximum absolute atomic E-state index is 13.4. The number of carbonyl (C=O) groups is 2. The van der Waals surface area contributed by atoms with E-state index in [4.69, 9.17) is 16.3 Å². The monoisotopic (exact) mass is 614 g/mol. The minimum atomic E-state index is -3.86. The van der Waals surface area contributed by atoms with Crippen LogP contribution in [0.3, 0.4) is 0 Å². The molecule has 224 valence electrons. The number of para-hydroxylation sites is 1. The highest BCUT2D eigenvalue weighted by atomic mass is 35.5. The van der Waals surface area contributed by atoms with Crippen LogP contribution in [0.25, 0.3) is 0 Å². The van der Waals surface area contributed by atoms with E-state index in [2.05, 4.69) is 10.6 Å². The Kier molecular flexibility index (Phi) is 10.1. The lowest BCUT2D eigenvalue weighted by atomic mass is 10.0. The van der Waals surface area contributed by atoms with Crippen molar-refractivity contribution >= 4 is 44.9 Å². The van der Waals surface area contributed by atoms with Crippen molar-refractivity contribution in [3.63, 3.8) is 0 Å². The van der Waals surface area contributed by atoms with E-state index in [1.807, 2.05) is 25.1 Å². The van der Waals surface area contributed by atoms with Crippen molar-refractivity contribution in [2.75, 3.05) is 37.4 Å². The molecule has 1 heterocycles. The van der Waals surface area contributed by atoms with Crippen LogP contribution in [0.4, 0.5) is 16.2 Å². The molecule has 0 unspecified atom stereocenters. The molecule has 3 aromatic carbocycles. The van der Waals surface area contributed by atoms with Gasteiger partial charge in [-0.25, -0.2) is 13.2 Å². The van der Waals surface area contributed by atoms with E-state index >= 15 is 0 Å². The third kappa shape index (κ3) is 7.60. The third-order valence-corrected chi connectivity index (χ3v) is 9.25. The number of nitrogens with one attached hydrogen (secondary N) is 2. The van der Waals surface area contributed by atoms with E-state index in [-0.39, 0.29) is 42.8 Å².